The van der Waals surface area contributed by atoms with Crippen LogP contribution in [0.1, 0.15) is 5.56 Å². The number of rotatable bonds is 6. The molecule has 0 aliphatic heterocycles. The summed E-state index contributed by atoms with van der Waals surface area (Å²) in [6, 6.07) is 8.35. The summed E-state index contributed by atoms with van der Waals surface area (Å²) >= 11 is 5.92. The van der Waals surface area contributed by atoms with Gasteiger partial charge in [0.2, 0.25) is 10.0 Å². The molecular weight excluding hydrogens is 362 g/mol. The summed E-state index contributed by atoms with van der Waals surface area (Å²) < 4.78 is 34.8. The first kappa shape index (κ1) is 17.7. The molecule has 0 spiro atoms. The number of hydrogen-bond donors (Lipinski definition) is 1. The van der Waals surface area contributed by atoms with Crippen molar-refractivity contribution < 1.29 is 13.2 Å². The fraction of sp³-hybridized carbons (Fsp3) is 0.235. The van der Waals surface area contributed by atoms with Gasteiger partial charge in [-0.05, 0) is 42.3 Å². The summed E-state index contributed by atoms with van der Waals surface area (Å²) in [5, 5.41) is 1.35. The largest absolute Gasteiger partial charge is 0.495 e. The van der Waals surface area contributed by atoms with Crippen LogP contribution in [0.5, 0.6) is 5.75 Å². The Morgan fingerprint density at radius 2 is 2.12 bits per heavy atom. The zero-order valence-corrected chi connectivity index (χ0v) is 15.4. The van der Waals surface area contributed by atoms with Crippen LogP contribution in [0, 0.1) is 0 Å². The van der Waals surface area contributed by atoms with Crippen molar-refractivity contribution in [2.75, 3.05) is 13.7 Å². The summed E-state index contributed by atoms with van der Waals surface area (Å²) in [7, 11) is -0.386. The smallest absolute Gasteiger partial charge is 0.244 e. The molecule has 25 heavy (non-hydrogen) atoms. The minimum Gasteiger partial charge on any atom is -0.495 e. The van der Waals surface area contributed by atoms with Gasteiger partial charge in [-0.3, -0.25) is 0 Å². The number of hydrogen-bond acceptors (Lipinski definition) is 4. The monoisotopic (exact) mass is 379 g/mol. The Morgan fingerprint density at radius 1 is 1.32 bits per heavy atom. The standard InChI is InChI=1S/C17H18ClN3O3S/c1-21-11-12(14-4-3-8-19-17(14)21)7-9-20-25(22,23)16-10-13(18)5-6-15(16)24-2/h3-6,8,10-11,20H,7,9H2,1-2H3. The normalized spacial score (nSPS) is 11.8. The van der Waals surface area contributed by atoms with Crippen LogP contribution in [0.4, 0.5) is 0 Å². The molecule has 0 aliphatic carbocycles. The number of nitrogens with zero attached hydrogens (tertiary/aromatic N) is 2. The average Bonchev–Trinajstić information content (AvgIpc) is 2.91. The highest BCUT2D eigenvalue weighted by molar-refractivity contribution is 7.89. The molecule has 3 rings (SSSR count). The molecule has 0 atom stereocenters. The van der Waals surface area contributed by atoms with Gasteiger partial charge in [-0.2, -0.15) is 0 Å². The first-order valence-electron chi connectivity index (χ1n) is 7.64. The second kappa shape index (κ2) is 7.03. The second-order valence-corrected chi connectivity index (χ2v) is 7.75. The first-order valence-corrected chi connectivity index (χ1v) is 9.50. The number of methoxy groups -OCH3 is 1. The summed E-state index contributed by atoms with van der Waals surface area (Å²) in [6.07, 6.45) is 4.25. The van der Waals surface area contributed by atoms with E-state index in [-0.39, 0.29) is 17.2 Å². The zero-order chi connectivity index (χ0) is 18.0. The molecule has 8 heteroatoms. The van der Waals surface area contributed by atoms with Crippen molar-refractivity contribution >= 4 is 32.7 Å². The number of sulfonamides is 1. The zero-order valence-electron chi connectivity index (χ0n) is 13.9. The van der Waals surface area contributed by atoms with Crippen molar-refractivity contribution in [3.8, 4) is 5.75 Å². The van der Waals surface area contributed by atoms with Crippen LogP contribution in [0.3, 0.4) is 0 Å². The predicted octanol–water partition coefficient (Wildman–Crippen LogP) is 2.76. The van der Waals surface area contributed by atoms with Crippen LogP contribution in [0.15, 0.2) is 47.6 Å². The van der Waals surface area contributed by atoms with E-state index in [9.17, 15) is 8.42 Å². The maximum absolute atomic E-state index is 12.6. The lowest BCUT2D eigenvalue weighted by Crippen LogP contribution is -2.26. The Morgan fingerprint density at radius 3 is 2.88 bits per heavy atom. The van der Waals surface area contributed by atoms with Crippen LogP contribution in [-0.4, -0.2) is 31.6 Å². The van der Waals surface area contributed by atoms with E-state index in [1.165, 1.54) is 19.2 Å². The van der Waals surface area contributed by atoms with Gasteiger partial charge in [0.25, 0.3) is 0 Å². The second-order valence-electron chi connectivity index (χ2n) is 5.58. The lowest BCUT2D eigenvalue weighted by Gasteiger charge is -2.11. The number of ether oxygens (including phenoxy) is 1. The fourth-order valence-electron chi connectivity index (χ4n) is 2.75. The Balaban J connectivity index is 1.78. The number of pyridine rings is 1. The molecule has 0 saturated carbocycles. The molecule has 0 aliphatic rings. The lowest BCUT2D eigenvalue weighted by molar-refractivity contribution is 0.402. The topological polar surface area (TPSA) is 73.2 Å². The van der Waals surface area contributed by atoms with Gasteiger partial charge in [-0.25, -0.2) is 18.1 Å². The Kier molecular flexibility index (Phi) is 4.99. The van der Waals surface area contributed by atoms with Crippen LogP contribution in [0.25, 0.3) is 11.0 Å². The van der Waals surface area contributed by atoms with Crippen molar-refractivity contribution in [1.29, 1.82) is 0 Å². The molecule has 1 N–H and O–H groups in total. The fourth-order valence-corrected chi connectivity index (χ4v) is 4.21. The molecule has 132 valence electrons. The van der Waals surface area contributed by atoms with Crippen LogP contribution >= 0.6 is 11.6 Å². The van der Waals surface area contributed by atoms with E-state index in [0.29, 0.717) is 11.4 Å². The van der Waals surface area contributed by atoms with Gasteiger partial charge in [-0.15, -0.1) is 0 Å². The molecule has 0 saturated heterocycles. The molecule has 1 aromatic carbocycles. The van der Waals surface area contributed by atoms with E-state index in [4.69, 9.17) is 16.3 Å². The maximum atomic E-state index is 12.6. The third kappa shape index (κ3) is 3.63. The molecule has 6 nitrogen and oxygen atoms in total. The molecule has 0 radical (unpaired) electrons. The van der Waals surface area contributed by atoms with Crippen molar-refractivity contribution in [2.24, 2.45) is 7.05 Å². The minimum atomic E-state index is -3.72. The molecule has 0 bridgehead atoms. The van der Waals surface area contributed by atoms with Gasteiger partial charge < -0.3 is 9.30 Å². The van der Waals surface area contributed by atoms with Gasteiger partial charge in [0.15, 0.2) is 0 Å². The van der Waals surface area contributed by atoms with Gasteiger partial charge in [0.05, 0.1) is 7.11 Å². The highest BCUT2D eigenvalue weighted by Gasteiger charge is 2.20. The third-order valence-electron chi connectivity index (χ3n) is 3.92. The SMILES string of the molecule is COc1ccc(Cl)cc1S(=O)(=O)NCCc1cn(C)c2ncccc12. The summed E-state index contributed by atoms with van der Waals surface area (Å²) in [5.74, 6) is 0.256. The van der Waals surface area contributed by atoms with E-state index in [0.717, 1.165) is 16.6 Å². The predicted molar refractivity (Wildman–Crippen MR) is 97.6 cm³/mol. The van der Waals surface area contributed by atoms with Gasteiger partial charge >= 0.3 is 0 Å². The molecule has 0 fully saturated rings. The molecule has 2 aromatic heterocycles. The van der Waals surface area contributed by atoms with E-state index >= 15 is 0 Å². The molecular formula is C17H18ClN3O3S. The van der Waals surface area contributed by atoms with E-state index in [2.05, 4.69) is 9.71 Å². The van der Waals surface area contributed by atoms with Crippen LogP contribution < -0.4 is 9.46 Å². The van der Waals surface area contributed by atoms with Gasteiger partial charge in [0.1, 0.15) is 16.3 Å². The highest BCUT2D eigenvalue weighted by Crippen LogP contribution is 2.27. The van der Waals surface area contributed by atoms with Crippen molar-refractivity contribution in [1.82, 2.24) is 14.3 Å². The third-order valence-corrected chi connectivity index (χ3v) is 5.64. The number of aromatic nitrogens is 2. The Hall–Kier alpha value is -2.09. The average molecular weight is 380 g/mol. The van der Waals surface area contributed by atoms with Crippen molar-refractivity contribution in [3.05, 3.63) is 53.3 Å². The number of benzene rings is 1. The number of fused-ring (bicyclic) bond motifs is 1. The van der Waals surface area contributed by atoms with Crippen LogP contribution in [-0.2, 0) is 23.5 Å². The molecule has 0 amide bonds. The lowest BCUT2D eigenvalue weighted by atomic mass is 10.2. The summed E-state index contributed by atoms with van der Waals surface area (Å²) in [6.45, 7) is 0.256. The van der Waals surface area contributed by atoms with Crippen molar-refractivity contribution in [2.45, 2.75) is 11.3 Å². The summed E-state index contributed by atoms with van der Waals surface area (Å²) in [5.41, 5.74) is 1.91. The molecule has 2 heterocycles. The van der Waals surface area contributed by atoms with E-state index < -0.39 is 10.0 Å². The molecule has 3 aromatic rings. The highest BCUT2D eigenvalue weighted by atomic mass is 35.5. The number of aryl methyl sites for hydroxylation is 1. The van der Waals surface area contributed by atoms with Crippen LogP contribution in [0.2, 0.25) is 5.02 Å². The number of halogens is 1. The minimum absolute atomic E-state index is 0.0297. The quantitative estimate of drug-likeness (QED) is 0.714. The van der Waals surface area contributed by atoms with Gasteiger partial charge in [-0.1, -0.05) is 11.6 Å². The van der Waals surface area contributed by atoms with Gasteiger partial charge in [0, 0.05) is 36.4 Å². The summed E-state index contributed by atoms with van der Waals surface area (Å²) in [4.78, 5) is 4.36. The van der Waals surface area contributed by atoms with E-state index in [1.54, 1.807) is 12.3 Å². The number of nitrogens with one attached hydrogen (secondary N) is 1. The Labute approximate surface area is 151 Å². The van der Waals surface area contributed by atoms with E-state index in [1.807, 2.05) is 29.9 Å². The first-order chi connectivity index (χ1) is 11.9. The Bertz CT molecular complexity index is 1020. The van der Waals surface area contributed by atoms with Crippen molar-refractivity contribution in [3.63, 3.8) is 0 Å². The molecule has 0 unspecified atom stereocenters. The maximum Gasteiger partial charge on any atom is 0.244 e.